The molecule has 0 radical (unpaired) electrons. The standard InChI is InChI=1S/C26H32N6O2/c1-30(2)26(21-6-4-3-5-7-21)10-8-25(9-11-26)19-32(24(33)29-25)22-16-20(17-27)23(28-18-22)31-12-14-34-15-13-31/h3-7,16,18H,8-15,19H2,1-2H3,(H,29,33). The zero-order chi connectivity index (χ0) is 23.8. The van der Waals surface area contributed by atoms with E-state index in [4.69, 9.17) is 4.74 Å². The maximum absolute atomic E-state index is 13.1. The van der Waals surface area contributed by atoms with E-state index in [1.807, 2.05) is 0 Å². The van der Waals surface area contributed by atoms with E-state index in [1.54, 1.807) is 17.2 Å². The fourth-order valence-corrected chi connectivity index (χ4v) is 5.79. The molecule has 2 aliphatic heterocycles. The van der Waals surface area contributed by atoms with Crippen molar-refractivity contribution in [3.05, 3.63) is 53.7 Å². The minimum atomic E-state index is -0.263. The first kappa shape index (κ1) is 22.6. The summed E-state index contributed by atoms with van der Waals surface area (Å²) in [7, 11) is 4.30. The molecule has 3 fully saturated rings. The van der Waals surface area contributed by atoms with Gasteiger partial charge in [0, 0.05) is 18.6 Å². The molecule has 34 heavy (non-hydrogen) atoms. The van der Waals surface area contributed by atoms with Gasteiger partial charge in [-0.15, -0.1) is 0 Å². The molecule has 8 nitrogen and oxygen atoms in total. The second-order valence-corrected chi connectivity index (χ2v) is 9.86. The van der Waals surface area contributed by atoms with Gasteiger partial charge < -0.3 is 15.0 Å². The Morgan fingerprint density at radius 1 is 1.12 bits per heavy atom. The number of anilines is 2. The molecule has 1 N–H and O–H groups in total. The molecule has 0 bridgehead atoms. The molecule has 2 amide bonds. The van der Waals surface area contributed by atoms with Crippen molar-refractivity contribution in [2.24, 2.45) is 0 Å². The Hall–Kier alpha value is -3.15. The van der Waals surface area contributed by atoms with Crippen LogP contribution >= 0.6 is 0 Å². The second kappa shape index (κ2) is 8.90. The third kappa shape index (κ3) is 3.89. The van der Waals surface area contributed by atoms with E-state index < -0.39 is 0 Å². The van der Waals surface area contributed by atoms with Gasteiger partial charge in [-0.2, -0.15) is 5.26 Å². The summed E-state index contributed by atoms with van der Waals surface area (Å²) in [4.78, 5) is 23.8. The second-order valence-electron chi connectivity index (χ2n) is 9.86. The highest BCUT2D eigenvalue weighted by molar-refractivity contribution is 5.95. The molecule has 8 heteroatoms. The topological polar surface area (TPSA) is 84.7 Å². The van der Waals surface area contributed by atoms with E-state index in [1.165, 1.54) is 5.56 Å². The molecule has 3 aliphatic rings. The van der Waals surface area contributed by atoms with Gasteiger partial charge in [0.15, 0.2) is 0 Å². The zero-order valence-corrected chi connectivity index (χ0v) is 20.0. The van der Waals surface area contributed by atoms with Crippen LogP contribution in [0.4, 0.5) is 16.3 Å². The Labute approximate surface area is 201 Å². The number of benzene rings is 1. The number of carbonyl (C=O) groups excluding carboxylic acids is 1. The highest BCUT2D eigenvalue weighted by atomic mass is 16.5. The number of nitriles is 1. The van der Waals surface area contributed by atoms with Crippen LogP contribution in [-0.4, -0.2) is 68.4 Å². The number of morpholine rings is 1. The average Bonchev–Trinajstić information content (AvgIpc) is 3.20. The number of nitrogens with one attached hydrogen (secondary N) is 1. The van der Waals surface area contributed by atoms with Crippen molar-refractivity contribution >= 4 is 17.5 Å². The molecular formula is C26H32N6O2. The minimum absolute atomic E-state index is 0.0278. The molecule has 1 spiro atoms. The number of amides is 2. The molecule has 3 heterocycles. The number of urea groups is 1. The molecule has 2 saturated heterocycles. The van der Waals surface area contributed by atoms with Crippen LogP contribution in [-0.2, 0) is 10.3 Å². The smallest absolute Gasteiger partial charge is 0.322 e. The maximum atomic E-state index is 13.1. The number of nitrogens with zero attached hydrogens (tertiary/aromatic N) is 5. The molecule has 2 aromatic rings. The first-order chi connectivity index (χ1) is 16.5. The van der Waals surface area contributed by atoms with Crippen molar-refractivity contribution < 1.29 is 9.53 Å². The van der Waals surface area contributed by atoms with Gasteiger partial charge in [0.1, 0.15) is 11.9 Å². The van der Waals surface area contributed by atoms with Crippen molar-refractivity contribution in [3.8, 4) is 6.07 Å². The van der Waals surface area contributed by atoms with E-state index in [0.29, 0.717) is 49.9 Å². The molecule has 1 saturated carbocycles. The van der Waals surface area contributed by atoms with Gasteiger partial charge in [0.2, 0.25) is 0 Å². The maximum Gasteiger partial charge on any atom is 0.322 e. The fraction of sp³-hybridized carbons (Fsp3) is 0.500. The number of rotatable bonds is 4. The van der Waals surface area contributed by atoms with Gasteiger partial charge in [-0.1, -0.05) is 30.3 Å². The predicted octanol–water partition coefficient (Wildman–Crippen LogP) is 3.09. The zero-order valence-electron chi connectivity index (χ0n) is 20.0. The van der Waals surface area contributed by atoms with E-state index in [2.05, 4.69) is 70.6 Å². The summed E-state index contributed by atoms with van der Waals surface area (Å²) < 4.78 is 5.42. The summed E-state index contributed by atoms with van der Waals surface area (Å²) in [6.07, 6.45) is 5.45. The summed E-state index contributed by atoms with van der Waals surface area (Å²) >= 11 is 0. The van der Waals surface area contributed by atoms with Crippen LogP contribution in [0.3, 0.4) is 0 Å². The third-order valence-electron chi connectivity index (χ3n) is 7.87. The number of pyridine rings is 1. The monoisotopic (exact) mass is 460 g/mol. The minimum Gasteiger partial charge on any atom is -0.378 e. The number of hydrogen-bond donors (Lipinski definition) is 1. The van der Waals surface area contributed by atoms with Crippen LogP contribution < -0.4 is 15.1 Å². The van der Waals surface area contributed by atoms with Gasteiger partial charge in [0.25, 0.3) is 0 Å². The van der Waals surface area contributed by atoms with Crippen molar-refractivity contribution in [1.82, 2.24) is 15.2 Å². The van der Waals surface area contributed by atoms with Crippen molar-refractivity contribution in [1.29, 1.82) is 5.26 Å². The lowest BCUT2D eigenvalue weighted by Gasteiger charge is -2.48. The summed E-state index contributed by atoms with van der Waals surface area (Å²) in [5.74, 6) is 0.667. The summed E-state index contributed by atoms with van der Waals surface area (Å²) in [5.41, 5.74) is 2.21. The van der Waals surface area contributed by atoms with Crippen molar-refractivity contribution in [3.63, 3.8) is 0 Å². The number of aromatic nitrogens is 1. The molecule has 1 aromatic heterocycles. The van der Waals surface area contributed by atoms with Crippen molar-refractivity contribution in [2.45, 2.75) is 36.8 Å². The van der Waals surface area contributed by atoms with E-state index in [-0.39, 0.29) is 17.1 Å². The SMILES string of the molecule is CN(C)C1(c2ccccc2)CCC2(CC1)CN(c1cnc(N3CCOCC3)c(C#N)c1)C(=O)N2. The van der Waals surface area contributed by atoms with Gasteiger partial charge in [-0.25, -0.2) is 9.78 Å². The van der Waals surface area contributed by atoms with Crippen LogP contribution in [0.1, 0.15) is 36.8 Å². The number of ether oxygens (including phenoxy) is 1. The molecule has 1 aliphatic carbocycles. The first-order valence-electron chi connectivity index (χ1n) is 12.0. The third-order valence-corrected chi connectivity index (χ3v) is 7.87. The largest absolute Gasteiger partial charge is 0.378 e. The lowest BCUT2D eigenvalue weighted by Crippen LogP contribution is -2.54. The lowest BCUT2D eigenvalue weighted by atomic mass is 9.69. The van der Waals surface area contributed by atoms with Crippen LogP contribution in [0.2, 0.25) is 0 Å². The van der Waals surface area contributed by atoms with Crippen molar-refractivity contribution in [2.75, 3.05) is 56.7 Å². The molecule has 0 atom stereocenters. The van der Waals surface area contributed by atoms with Crippen LogP contribution in [0.5, 0.6) is 0 Å². The Bertz CT molecular complexity index is 1080. The van der Waals surface area contributed by atoms with Crippen LogP contribution in [0.15, 0.2) is 42.6 Å². The van der Waals surface area contributed by atoms with Crippen LogP contribution in [0, 0.1) is 11.3 Å². The lowest BCUT2D eigenvalue weighted by molar-refractivity contribution is 0.0658. The molecular weight excluding hydrogens is 428 g/mol. The average molecular weight is 461 g/mol. The highest BCUT2D eigenvalue weighted by Gasteiger charge is 2.50. The van der Waals surface area contributed by atoms with Crippen LogP contribution in [0.25, 0.3) is 0 Å². The molecule has 178 valence electrons. The van der Waals surface area contributed by atoms with Gasteiger partial charge in [-0.05, 0) is 51.4 Å². The number of hydrogen-bond acceptors (Lipinski definition) is 6. The Morgan fingerprint density at radius 3 is 2.47 bits per heavy atom. The molecule has 0 unspecified atom stereocenters. The van der Waals surface area contributed by atoms with Gasteiger partial charge in [0.05, 0.1) is 42.7 Å². The molecule has 5 rings (SSSR count). The summed E-state index contributed by atoms with van der Waals surface area (Å²) in [6.45, 7) is 3.27. The fourth-order valence-electron chi connectivity index (χ4n) is 5.79. The van der Waals surface area contributed by atoms with E-state index in [9.17, 15) is 10.1 Å². The quantitative estimate of drug-likeness (QED) is 0.755. The predicted molar refractivity (Wildman–Crippen MR) is 131 cm³/mol. The Kier molecular flexibility index (Phi) is 5.92. The summed E-state index contributed by atoms with van der Waals surface area (Å²) in [5, 5.41) is 13.1. The normalized spacial score (nSPS) is 27.2. The number of carbonyl (C=O) groups is 1. The highest BCUT2D eigenvalue weighted by Crippen LogP contribution is 2.46. The van der Waals surface area contributed by atoms with E-state index in [0.717, 1.165) is 25.7 Å². The molecule has 1 aromatic carbocycles. The summed E-state index contributed by atoms with van der Waals surface area (Å²) in [6, 6.07) is 14.6. The first-order valence-corrected chi connectivity index (χ1v) is 12.0. The van der Waals surface area contributed by atoms with Gasteiger partial charge in [-0.3, -0.25) is 9.80 Å². The van der Waals surface area contributed by atoms with Gasteiger partial charge >= 0.3 is 6.03 Å². The van der Waals surface area contributed by atoms with E-state index >= 15 is 0 Å². The Morgan fingerprint density at radius 2 is 1.82 bits per heavy atom. The Balaban J connectivity index is 1.35.